The first-order valence-corrected chi connectivity index (χ1v) is 5.85. The van der Waals surface area contributed by atoms with Gasteiger partial charge in [-0.25, -0.2) is 0 Å². The van der Waals surface area contributed by atoms with Crippen LogP contribution in [0.15, 0.2) is 48.5 Å². The first kappa shape index (κ1) is 13.0. The lowest BCUT2D eigenvalue weighted by molar-refractivity contribution is -0.384. The quantitative estimate of drug-likeness (QED) is 0.673. The molecule has 2 aromatic carbocycles. The molecule has 2 aromatic rings. The van der Waals surface area contributed by atoms with Crippen LogP contribution in [-0.4, -0.2) is 4.92 Å². The Morgan fingerprint density at radius 3 is 2.37 bits per heavy atom. The molecule has 0 heterocycles. The van der Waals surface area contributed by atoms with E-state index in [9.17, 15) is 10.1 Å². The van der Waals surface area contributed by atoms with Crippen molar-refractivity contribution in [2.75, 3.05) is 0 Å². The number of hydrogen-bond donors (Lipinski definition) is 1. The van der Waals surface area contributed by atoms with Crippen LogP contribution in [0, 0.1) is 10.1 Å². The molecular weight excluding hydrogens is 244 g/mol. The number of nitrogens with zero attached hydrogens (tertiary/aromatic N) is 1. The van der Waals surface area contributed by atoms with Crippen molar-refractivity contribution in [2.45, 2.75) is 13.0 Å². The minimum Gasteiger partial charge on any atom is -0.457 e. The van der Waals surface area contributed by atoms with Crippen molar-refractivity contribution in [3.8, 4) is 11.5 Å². The summed E-state index contributed by atoms with van der Waals surface area (Å²) in [5.74, 6) is 1.20. The van der Waals surface area contributed by atoms with Gasteiger partial charge in [0.15, 0.2) is 0 Å². The van der Waals surface area contributed by atoms with Gasteiger partial charge in [-0.1, -0.05) is 18.2 Å². The predicted molar refractivity (Wildman–Crippen MR) is 72.2 cm³/mol. The zero-order chi connectivity index (χ0) is 13.8. The Hall–Kier alpha value is -2.40. The van der Waals surface area contributed by atoms with Crippen LogP contribution >= 0.6 is 0 Å². The number of hydrogen-bond acceptors (Lipinski definition) is 4. The van der Waals surface area contributed by atoms with E-state index in [4.69, 9.17) is 10.5 Å². The molecule has 0 amide bonds. The second-order valence-electron chi connectivity index (χ2n) is 4.18. The third-order valence-electron chi connectivity index (χ3n) is 2.68. The van der Waals surface area contributed by atoms with Crippen LogP contribution in [-0.2, 0) is 0 Å². The van der Waals surface area contributed by atoms with Gasteiger partial charge in [-0.15, -0.1) is 0 Å². The first-order chi connectivity index (χ1) is 9.08. The van der Waals surface area contributed by atoms with Crippen LogP contribution in [0.5, 0.6) is 11.5 Å². The maximum atomic E-state index is 10.6. The fourth-order valence-electron chi connectivity index (χ4n) is 1.71. The second kappa shape index (κ2) is 5.49. The van der Waals surface area contributed by atoms with E-state index in [1.54, 1.807) is 12.1 Å². The van der Waals surface area contributed by atoms with Crippen molar-refractivity contribution in [3.63, 3.8) is 0 Å². The van der Waals surface area contributed by atoms with E-state index in [1.807, 2.05) is 31.2 Å². The molecule has 0 radical (unpaired) electrons. The fourth-order valence-corrected chi connectivity index (χ4v) is 1.71. The number of rotatable bonds is 4. The second-order valence-corrected chi connectivity index (χ2v) is 4.18. The molecule has 0 aromatic heterocycles. The highest BCUT2D eigenvalue weighted by Crippen LogP contribution is 2.29. The largest absolute Gasteiger partial charge is 0.457 e. The minimum absolute atomic E-state index is 0.0350. The molecule has 0 spiro atoms. The third-order valence-corrected chi connectivity index (χ3v) is 2.68. The van der Waals surface area contributed by atoms with Gasteiger partial charge in [0.25, 0.3) is 5.69 Å². The topological polar surface area (TPSA) is 78.4 Å². The molecule has 5 heteroatoms. The summed E-state index contributed by atoms with van der Waals surface area (Å²) in [4.78, 5) is 10.1. The molecule has 0 saturated carbocycles. The van der Waals surface area contributed by atoms with Gasteiger partial charge < -0.3 is 10.5 Å². The molecule has 98 valence electrons. The number of nitro benzene ring substituents is 1. The van der Waals surface area contributed by atoms with Gasteiger partial charge in [-0.05, 0) is 25.1 Å². The predicted octanol–water partition coefficient (Wildman–Crippen LogP) is 3.41. The summed E-state index contributed by atoms with van der Waals surface area (Å²) >= 11 is 0. The summed E-state index contributed by atoms with van der Waals surface area (Å²) in [7, 11) is 0. The molecule has 0 aliphatic carbocycles. The Morgan fingerprint density at radius 2 is 1.79 bits per heavy atom. The number of ether oxygens (including phenoxy) is 1. The average Bonchev–Trinajstić information content (AvgIpc) is 2.39. The summed E-state index contributed by atoms with van der Waals surface area (Å²) in [6, 6.07) is 13.3. The lowest BCUT2D eigenvalue weighted by Crippen LogP contribution is -2.06. The molecule has 5 nitrogen and oxygen atoms in total. The molecule has 0 aliphatic rings. The van der Waals surface area contributed by atoms with Crippen LogP contribution in [0.2, 0.25) is 0 Å². The molecule has 2 rings (SSSR count). The van der Waals surface area contributed by atoms with Gasteiger partial charge in [-0.3, -0.25) is 10.1 Å². The van der Waals surface area contributed by atoms with Gasteiger partial charge in [0.05, 0.1) is 4.92 Å². The third kappa shape index (κ3) is 3.08. The zero-order valence-corrected chi connectivity index (χ0v) is 10.4. The monoisotopic (exact) mass is 258 g/mol. The van der Waals surface area contributed by atoms with Gasteiger partial charge in [0.2, 0.25) is 0 Å². The lowest BCUT2D eigenvalue weighted by Gasteiger charge is -2.13. The maximum absolute atomic E-state index is 10.6. The van der Waals surface area contributed by atoms with Gasteiger partial charge in [0, 0.05) is 23.7 Å². The van der Waals surface area contributed by atoms with Crippen LogP contribution < -0.4 is 10.5 Å². The van der Waals surface area contributed by atoms with E-state index in [-0.39, 0.29) is 11.7 Å². The van der Waals surface area contributed by atoms with E-state index in [1.165, 1.54) is 12.1 Å². The highest BCUT2D eigenvalue weighted by atomic mass is 16.6. The van der Waals surface area contributed by atoms with Crippen molar-refractivity contribution in [3.05, 3.63) is 64.2 Å². The number of non-ortho nitro benzene ring substituents is 1. The number of nitrogens with two attached hydrogens (primary N) is 1. The van der Waals surface area contributed by atoms with Gasteiger partial charge in [0.1, 0.15) is 11.5 Å². The summed E-state index contributed by atoms with van der Waals surface area (Å²) in [5.41, 5.74) is 6.79. The van der Waals surface area contributed by atoms with Crippen LogP contribution in [0.1, 0.15) is 18.5 Å². The van der Waals surface area contributed by atoms with E-state index in [2.05, 4.69) is 0 Å². The van der Waals surface area contributed by atoms with Crippen LogP contribution in [0.25, 0.3) is 0 Å². The molecule has 0 aliphatic heterocycles. The Labute approximate surface area is 110 Å². The van der Waals surface area contributed by atoms with Crippen molar-refractivity contribution >= 4 is 5.69 Å². The summed E-state index contributed by atoms with van der Waals surface area (Å²) in [6.07, 6.45) is 0. The molecule has 0 saturated heterocycles. The Morgan fingerprint density at radius 1 is 1.16 bits per heavy atom. The average molecular weight is 258 g/mol. The molecule has 0 fully saturated rings. The fraction of sp³-hybridized carbons (Fsp3) is 0.143. The molecular formula is C14H14N2O3. The zero-order valence-electron chi connectivity index (χ0n) is 10.4. The SMILES string of the molecule is CC(N)c1ccccc1Oc1ccc([N+](=O)[O-])cc1. The van der Waals surface area contributed by atoms with Crippen molar-refractivity contribution in [1.82, 2.24) is 0 Å². The first-order valence-electron chi connectivity index (χ1n) is 5.85. The normalized spacial score (nSPS) is 11.9. The molecule has 1 unspecified atom stereocenters. The van der Waals surface area contributed by atoms with Gasteiger partial charge >= 0.3 is 0 Å². The highest BCUT2D eigenvalue weighted by Gasteiger charge is 2.09. The Balaban J connectivity index is 2.24. The van der Waals surface area contributed by atoms with Crippen molar-refractivity contribution in [2.24, 2.45) is 5.73 Å². The number of benzene rings is 2. The smallest absolute Gasteiger partial charge is 0.269 e. The number of para-hydroxylation sites is 1. The summed E-state index contributed by atoms with van der Waals surface area (Å²) in [6.45, 7) is 1.87. The van der Waals surface area contributed by atoms with E-state index >= 15 is 0 Å². The molecule has 1 atom stereocenters. The Kier molecular flexibility index (Phi) is 3.77. The van der Waals surface area contributed by atoms with E-state index in [0.29, 0.717) is 11.5 Å². The highest BCUT2D eigenvalue weighted by molar-refractivity contribution is 5.42. The lowest BCUT2D eigenvalue weighted by atomic mass is 10.1. The molecule has 0 bridgehead atoms. The molecule has 2 N–H and O–H groups in total. The molecule has 19 heavy (non-hydrogen) atoms. The summed E-state index contributed by atoms with van der Waals surface area (Å²) in [5, 5.41) is 10.6. The standard InChI is InChI=1S/C14H14N2O3/c1-10(15)13-4-2-3-5-14(13)19-12-8-6-11(7-9-12)16(17)18/h2-10H,15H2,1H3. The van der Waals surface area contributed by atoms with Crippen LogP contribution in [0.3, 0.4) is 0 Å². The Bertz CT molecular complexity index is 579. The van der Waals surface area contributed by atoms with Crippen molar-refractivity contribution < 1.29 is 9.66 Å². The summed E-state index contributed by atoms with van der Waals surface area (Å²) < 4.78 is 5.70. The minimum atomic E-state index is -0.445. The number of nitro groups is 1. The van der Waals surface area contributed by atoms with Crippen LogP contribution in [0.4, 0.5) is 5.69 Å². The van der Waals surface area contributed by atoms with Crippen molar-refractivity contribution in [1.29, 1.82) is 0 Å². The maximum Gasteiger partial charge on any atom is 0.269 e. The van der Waals surface area contributed by atoms with E-state index in [0.717, 1.165) is 5.56 Å². The van der Waals surface area contributed by atoms with Gasteiger partial charge in [-0.2, -0.15) is 0 Å². The van der Waals surface area contributed by atoms with E-state index < -0.39 is 4.92 Å².